The fourth-order valence-electron chi connectivity index (χ4n) is 2.61. The first kappa shape index (κ1) is 27.0. The third kappa shape index (κ3) is 20.0. The lowest BCUT2D eigenvalue weighted by atomic mass is 10.1. The number of unbranched alkanes of at least 4 members (excludes halogenated alkanes) is 5. The lowest BCUT2D eigenvalue weighted by Gasteiger charge is -2.29. The predicted octanol–water partition coefficient (Wildman–Crippen LogP) is 4.21. The van der Waals surface area contributed by atoms with Gasteiger partial charge in [-0.05, 0) is 19.3 Å². The lowest BCUT2D eigenvalue weighted by molar-refractivity contribution is -0.0923. The number of rotatable bonds is 12. The van der Waals surface area contributed by atoms with Crippen LogP contribution >= 0.6 is 0 Å². The zero-order valence-electron chi connectivity index (χ0n) is 17.4. The zero-order valence-corrected chi connectivity index (χ0v) is 17.4. The van der Waals surface area contributed by atoms with E-state index in [0.717, 1.165) is 46.2 Å². The monoisotopic (exact) mass is 364 g/mol. The summed E-state index contributed by atoms with van der Waals surface area (Å²) in [5.74, 6) is 0. The van der Waals surface area contributed by atoms with Gasteiger partial charge in [0.05, 0.1) is 18.8 Å². The van der Waals surface area contributed by atoms with E-state index in [1.807, 2.05) is 0 Å². The highest BCUT2D eigenvalue weighted by atomic mass is 16.5. The summed E-state index contributed by atoms with van der Waals surface area (Å²) in [6.07, 6.45) is 11.8. The van der Waals surface area contributed by atoms with E-state index >= 15 is 0 Å². The fraction of sp³-hybridized carbons (Fsp3) is 1.00. The number of methoxy groups -OCH3 is 2. The van der Waals surface area contributed by atoms with Gasteiger partial charge in [-0.3, -0.25) is 0 Å². The van der Waals surface area contributed by atoms with Gasteiger partial charge in [0.15, 0.2) is 0 Å². The fourth-order valence-corrected chi connectivity index (χ4v) is 2.61. The largest absolute Gasteiger partial charge is 0.400 e. The highest BCUT2D eigenvalue weighted by Gasteiger charge is 2.22. The van der Waals surface area contributed by atoms with Gasteiger partial charge in [-0.15, -0.1) is 0 Å². The molecule has 2 atom stereocenters. The Labute approximate surface area is 156 Å². The second-order valence-corrected chi connectivity index (χ2v) is 6.23. The third-order valence-corrected chi connectivity index (χ3v) is 3.93. The molecule has 154 valence electrons. The van der Waals surface area contributed by atoms with E-state index < -0.39 is 0 Å². The van der Waals surface area contributed by atoms with E-state index in [9.17, 15) is 0 Å². The minimum absolute atomic E-state index is 0.237. The minimum Gasteiger partial charge on any atom is -0.400 e. The van der Waals surface area contributed by atoms with E-state index in [1.54, 1.807) is 14.2 Å². The molecule has 1 heterocycles. The highest BCUT2D eigenvalue weighted by molar-refractivity contribution is 4.71. The van der Waals surface area contributed by atoms with Crippen molar-refractivity contribution in [1.29, 1.82) is 0 Å². The van der Waals surface area contributed by atoms with Crippen LogP contribution < -0.4 is 0 Å². The molecule has 25 heavy (non-hydrogen) atoms. The average Bonchev–Trinajstić information content (AvgIpc) is 2.66. The van der Waals surface area contributed by atoms with Crippen molar-refractivity contribution in [2.24, 2.45) is 0 Å². The molecule has 1 saturated heterocycles. The van der Waals surface area contributed by atoms with E-state index in [1.165, 1.54) is 38.5 Å². The van der Waals surface area contributed by atoms with Crippen LogP contribution in [0.4, 0.5) is 0 Å². The maximum Gasteiger partial charge on any atom is 0.0833 e. The Hall–Kier alpha value is -0.200. The van der Waals surface area contributed by atoms with Crippen molar-refractivity contribution in [2.45, 2.75) is 83.8 Å². The quantitative estimate of drug-likeness (QED) is 0.526. The molecule has 1 N–H and O–H groups in total. The number of ether oxygens (including phenoxy) is 4. The lowest BCUT2D eigenvalue weighted by Crippen LogP contribution is -2.33. The summed E-state index contributed by atoms with van der Waals surface area (Å²) in [7, 11) is 4.48. The van der Waals surface area contributed by atoms with Crippen LogP contribution in [0.1, 0.15) is 71.6 Å². The first-order chi connectivity index (χ1) is 12.3. The summed E-state index contributed by atoms with van der Waals surface area (Å²) >= 11 is 0. The van der Waals surface area contributed by atoms with Crippen molar-refractivity contribution >= 4 is 0 Å². The van der Waals surface area contributed by atoms with Crippen LogP contribution in [-0.4, -0.2) is 65.1 Å². The number of aliphatic hydroxyl groups excluding tert-OH is 1. The zero-order chi connectivity index (χ0) is 19.2. The van der Waals surface area contributed by atoms with Gasteiger partial charge in [0.2, 0.25) is 0 Å². The Kier molecular flexibility index (Phi) is 25.7. The van der Waals surface area contributed by atoms with Gasteiger partial charge in [0.25, 0.3) is 0 Å². The van der Waals surface area contributed by atoms with Gasteiger partial charge >= 0.3 is 0 Å². The molecule has 0 aromatic heterocycles. The third-order valence-electron chi connectivity index (χ3n) is 3.93. The smallest absolute Gasteiger partial charge is 0.0833 e. The van der Waals surface area contributed by atoms with Crippen molar-refractivity contribution in [2.75, 3.05) is 47.8 Å². The van der Waals surface area contributed by atoms with Crippen molar-refractivity contribution in [3.05, 3.63) is 0 Å². The molecule has 0 amide bonds. The van der Waals surface area contributed by atoms with Crippen molar-refractivity contribution < 1.29 is 24.1 Å². The molecular formula is C20H44O5. The van der Waals surface area contributed by atoms with Crippen LogP contribution in [0, 0.1) is 0 Å². The molecule has 1 aliphatic rings. The predicted molar refractivity (Wildman–Crippen MR) is 104 cm³/mol. The number of hydrogen-bond donors (Lipinski definition) is 1. The highest BCUT2D eigenvalue weighted by Crippen LogP contribution is 2.17. The first-order valence-electron chi connectivity index (χ1n) is 9.94. The summed E-state index contributed by atoms with van der Waals surface area (Å²) in [5, 5.41) is 7.00. The SMILES string of the molecule is CCCCCCCCOC.CCCOC1CCOC(COC)C1.CO. The molecule has 5 nitrogen and oxygen atoms in total. The Bertz CT molecular complexity index is 216. The van der Waals surface area contributed by atoms with Crippen molar-refractivity contribution in [3.63, 3.8) is 0 Å². The Balaban J connectivity index is 0. The Morgan fingerprint density at radius 2 is 1.56 bits per heavy atom. The molecule has 5 heteroatoms. The van der Waals surface area contributed by atoms with Crippen LogP contribution in [0.2, 0.25) is 0 Å². The summed E-state index contributed by atoms with van der Waals surface area (Å²) in [6.45, 7) is 7.67. The molecule has 1 aliphatic heterocycles. The second kappa shape index (κ2) is 23.8. The molecule has 0 aromatic rings. The Morgan fingerprint density at radius 3 is 2.16 bits per heavy atom. The minimum atomic E-state index is 0.237. The molecule has 0 aliphatic carbocycles. The van der Waals surface area contributed by atoms with Crippen LogP contribution in [0.25, 0.3) is 0 Å². The van der Waals surface area contributed by atoms with E-state index in [2.05, 4.69) is 13.8 Å². The average molecular weight is 365 g/mol. The maximum atomic E-state index is 7.00. The normalized spacial score (nSPS) is 19.4. The number of aliphatic hydroxyl groups is 1. The Morgan fingerprint density at radius 1 is 0.880 bits per heavy atom. The summed E-state index contributed by atoms with van der Waals surface area (Å²) in [4.78, 5) is 0. The van der Waals surface area contributed by atoms with Gasteiger partial charge in [-0.2, -0.15) is 0 Å². The van der Waals surface area contributed by atoms with Crippen LogP contribution in [0.3, 0.4) is 0 Å². The van der Waals surface area contributed by atoms with Crippen molar-refractivity contribution in [3.8, 4) is 0 Å². The van der Waals surface area contributed by atoms with Gasteiger partial charge in [-0.1, -0.05) is 46.0 Å². The van der Waals surface area contributed by atoms with Crippen molar-refractivity contribution in [1.82, 2.24) is 0 Å². The molecule has 0 radical (unpaired) electrons. The first-order valence-corrected chi connectivity index (χ1v) is 9.94. The van der Waals surface area contributed by atoms with Gasteiger partial charge in [0.1, 0.15) is 0 Å². The maximum absolute atomic E-state index is 7.00. The molecule has 0 spiro atoms. The van der Waals surface area contributed by atoms with Gasteiger partial charge in [0, 0.05) is 47.6 Å². The standard InChI is InChI=1S/C10H20O3.C9H20O.CH4O/c1-3-5-12-9-4-6-13-10(7-9)8-11-2;1-3-4-5-6-7-8-9-10-2;1-2/h9-10H,3-8H2,1-2H3;3-9H2,1-2H3;2H,1H3. The molecular weight excluding hydrogens is 320 g/mol. The summed E-state index contributed by atoms with van der Waals surface area (Å²) in [6, 6.07) is 0. The molecule has 2 unspecified atom stereocenters. The molecule has 1 rings (SSSR count). The summed E-state index contributed by atoms with van der Waals surface area (Å²) < 4.78 is 21.2. The van der Waals surface area contributed by atoms with Gasteiger partial charge in [-0.25, -0.2) is 0 Å². The second-order valence-electron chi connectivity index (χ2n) is 6.23. The number of hydrogen-bond acceptors (Lipinski definition) is 5. The van der Waals surface area contributed by atoms with E-state index in [4.69, 9.17) is 24.1 Å². The van der Waals surface area contributed by atoms with Crippen LogP contribution in [0.15, 0.2) is 0 Å². The van der Waals surface area contributed by atoms with E-state index in [-0.39, 0.29) is 6.10 Å². The van der Waals surface area contributed by atoms with Gasteiger partial charge < -0.3 is 24.1 Å². The van der Waals surface area contributed by atoms with E-state index in [0.29, 0.717) is 12.7 Å². The molecule has 0 aromatic carbocycles. The summed E-state index contributed by atoms with van der Waals surface area (Å²) in [5.41, 5.74) is 0. The van der Waals surface area contributed by atoms with Crippen LogP contribution in [-0.2, 0) is 18.9 Å². The molecule has 0 saturated carbocycles. The molecule has 0 bridgehead atoms. The van der Waals surface area contributed by atoms with Crippen LogP contribution in [0.5, 0.6) is 0 Å². The topological polar surface area (TPSA) is 57.2 Å². The molecule has 1 fully saturated rings.